The molecule has 2 aromatic heterocycles. The minimum absolute atomic E-state index is 0.244. The third-order valence-electron chi connectivity index (χ3n) is 6.08. The van der Waals surface area contributed by atoms with Crippen molar-refractivity contribution in [3.05, 3.63) is 85.7 Å². The average molecular weight is 458 g/mol. The molecule has 0 saturated heterocycles. The molecule has 2 bridgehead atoms. The van der Waals surface area contributed by atoms with Gasteiger partial charge in [-0.3, -0.25) is 19.1 Å². The fourth-order valence-electron chi connectivity index (χ4n) is 4.61. The van der Waals surface area contributed by atoms with Gasteiger partial charge in [-0.15, -0.1) is 0 Å². The summed E-state index contributed by atoms with van der Waals surface area (Å²) >= 11 is 1.24. The maximum Gasteiger partial charge on any atom is 0.317 e. The van der Waals surface area contributed by atoms with Crippen molar-refractivity contribution < 1.29 is 14.3 Å². The monoisotopic (exact) mass is 458 g/mol. The van der Waals surface area contributed by atoms with Crippen molar-refractivity contribution >= 4 is 34.4 Å². The maximum absolute atomic E-state index is 13.6. The molecule has 0 spiro atoms. The van der Waals surface area contributed by atoms with Gasteiger partial charge in [0, 0.05) is 5.56 Å². The molecule has 164 valence electrons. The van der Waals surface area contributed by atoms with Gasteiger partial charge in [0.1, 0.15) is 11.7 Å². The van der Waals surface area contributed by atoms with Gasteiger partial charge >= 0.3 is 5.97 Å². The lowest BCUT2D eigenvalue weighted by Gasteiger charge is -2.44. The van der Waals surface area contributed by atoms with E-state index in [1.165, 1.54) is 18.4 Å². The molecule has 33 heavy (non-hydrogen) atoms. The fraction of sp³-hybridized carbons (Fsp3) is 0.208. The first kappa shape index (κ1) is 19.8. The molecular formula is C24H18N4O4S. The third kappa shape index (κ3) is 2.92. The maximum atomic E-state index is 13.6. The lowest BCUT2D eigenvalue weighted by Crippen LogP contribution is -2.58. The Morgan fingerprint density at radius 1 is 1.18 bits per heavy atom. The molecule has 4 aromatic rings. The van der Waals surface area contributed by atoms with Gasteiger partial charge in [-0.1, -0.05) is 41.7 Å². The summed E-state index contributed by atoms with van der Waals surface area (Å²) in [4.78, 5) is 40.7. The first-order valence-corrected chi connectivity index (χ1v) is 11.2. The zero-order valence-corrected chi connectivity index (χ0v) is 18.6. The first-order valence-electron chi connectivity index (χ1n) is 10.4. The zero-order chi connectivity index (χ0) is 22.7. The Balaban J connectivity index is 1.59. The number of rotatable bonds is 2. The second-order valence-electron chi connectivity index (χ2n) is 8.10. The number of para-hydroxylation sites is 3. The summed E-state index contributed by atoms with van der Waals surface area (Å²) in [5.41, 5.74) is 1.41. The predicted octanol–water partition coefficient (Wildman–Crippen LogP) is 1.80. The Morgan fingerprint density at radius 3 is 2.76 bits per heavy atom. The quantitative estimate of drug-likeness (QED) is 0.425. The number of esters is 1. The summed E-state index contributed by atoms with van der Waals surface area (Å²) in [6.07, 6.45) is 3.34. The molecule has 6 rings (SSSR count). The van der Waals surface area contributed by atoms with Crippen molar-refractivity contribution in [2.45, 2.75) is 18.7 Å². The molecule has 2 aliphatic rings. The number of thiazole rings is 1. The van der Waals surface area contributed by atoms with Crippen LogP contribution in [0.4, 0.5) is 0 Å². The van der Waals surface area contributed by atoms with Gasteiger partial charge in [-0.05, 0) is 31.2 Å². The molecular weight excluding hydrogens is 440 g/mol. The van der Waals surface area contributed by atoms with Crippen LogP contribution in [-0.2, 0) is 9.53 Å². The van der Waals surface area contributed by atoms with Crippen LogP contribution in [0.3, 0.4) is 0 Å². The van der Waals surface area contributed by atoms with Crippen molar-refractivity contribution in [2.75, 3.05) is 7.11 Å². The van der Waals surface area contributed by atoms with E-state index < -0.39 is 23.7 Å². The minimum Gasteiger partial charge on any atom is -0.469 e. The summed E-state index contributed by atoms with van der Waals surface area (Å²) in [5.74, 6) is -0.676. The normalized spacial score (nSPS) is 23.3. The second kappa shape index (κ2) is 7.08. The molecule has 0 aliphatic carbocycles. The largest absolute Gasteiger partial charge is 0.469 e. The Morgan fingerprint density at radius 2 is 1.94 bits per heavy atom. The number of nitrogens with zero attached hydrogens (tertiary/aromatic N) is 4. The molecule has 9 heteroatoms. The van der Waals surface area contributed by atoms with E-state index in [-0.39, 0.29) is 5.56 Å². The zero-order valence-electron chi connectivity index (χ0n) is 17.8. The van der Waals surface area contributed by atoms with Gasteiger partial charge < -0.3 is 9.47 Å². The second-order valence-corrected chi connectivity index (χ2v) is 9.11. The van der Waals surface area contributed by atoms with Gasteiger partial charge in [0.05, 0.1) is 40.6 Å². The number of aromatic nitrogens is 3. The molecule has 0 saturated carbocycles. The summed E-state index contributed by atoms with van der Waals surface area (Å²) in [5, 5.41) is 0. The van der Waals surface area contributed by atoms with Crippen LogP contribution in [0.2, 0.25) is 0 Å². The number of fused-ring (bicyclic) bond motifs is 7. The van der Waals surface area contributed by atoms with E-state index in [1.807, 2.05) is 48.5 Å². The summed E-state index contributed by atoms with van der Waals surface area (Å²) in [7, 11) is 1.33. The highest BCUT2D eigenvalue weighted by Crippen LogP contribution is 2.47. The predicted molar refractivity (Wildman–Crippen MR) is 122 cm³/mol. The van der Waals surface area contributed by atoms with Gasteiger partial charge in [-0.25, -0.2) is 9.98 Å². The number of benzene rings is 2. The van der Waals surface area contributed by atoms with Crippen LogP contribution in [0.15, 0.2) is 64.5 Å². The van der Waals surface area contributed by atoms with Crippen LogP contribution < -0.4 is 19.6 Å². The highest BCUT2D eigenvalue weighted by molar-refractivity contribution is 7.07. The van der Waals surface area contributed by atoms with Crippen LogP contribution in [0.5, 0.6) is 5.75 Å². The van der Waals surface area contributed by atoms with Crippen LogP contribution in [-0.4, -0.2) is 33.3 Å². The molecule has 0 N–H and O–H groups in total. The Kier molecular flexibility index (Phi) is 4.25. The van der Waals surface area contributed by atoms with Gasteiger partial charge in [0.15, 0.2) is 4.80 Å². The van der Waals surface area contributed by atoms with E-state index in [2.05, 4.69) is 9.97 Å². The van der Waals surface area contributed by atoms with E-state index in [1.54, 1.807) is 23.8 Å². The standard InChI is InChI=1S/C24H18N4O4S/c1-24-19(22(30)31-2)20(14-7-3-6-10-17(14)32-24)28-21(29)18(33-23(28)27-24)11-13-12-25-15-8-4-5-9-16(15)26-13/h3-12,19-20H,1-2H3. The molecule has 4 heterocycles. The third-order valence-corrected chi connectivity index (χ3v) is 7.06. The number of hydrogen-bond donors (Lipinski definition) is 0. The molecule has 3 atom stereocenters. The molecule has 0 fully saturated rings. The highest BCUT2D eigenvalue weighted by Gasteiger charge is 2.55. The first-order chi connectivity index (χ1) is 16.0. The Hall–Kier alpha value is -3.85. The van der Waals surface area contributed by atoms with Crippen molar-refractivity contribution in [3.8, 4) is 5.75 Å². The number of methoxy groups -OCH3 is 1. The SMILES string of the molecule is COC(=O)C1C2c3ccccc3OC1(C)N=c1sc(=Cc3cnc4ccccc4n3)c(=O)n12. The van der Waals surface area contributed by atoms with Crippen molar-refractivity contribution in [3.63, 3.8) is 0 Å². The smallest absolute Gasteiger partial charge is 0.317 e. The number of carbonyl (C=O) groups excluding carboxylic acids is 1. The van der Waals surface area contributed by atoms with Gasteiger partial charge in [-0.2, -0.15) is 0 Å². The van der Waals surface area contributed by atoms with Gasteiger partial charge in [0.25, 0.3) is 5.56 Å². The highest BCUT2D eigenvalue weighted by atomic mass is 32.1. The van der Waals surface area contributed by atoms with Crippen LogP contribution in [0.25, 0.3) is 17.1 Å². The number of hydrogen-bond acceptors (Lipinski definition) is 8. The molecule has 0 amide bonds. The Bertz CT molecular complexity index is 1630. The van der Waals surface area contributed by atoms with E-state index >= 15 is 0 Å². The van der Waals surface area contributed by atoms with E-state index in [0.29, 0.717) is 20.8 Å². The molecule has 0 radical (unpaired) electrons. The van der Waals surface area contributed by atoms with Crippen LogP contribution in [0, 0.1) is 5.92 Å². The summed E-state index contributed by atoms with van der Waals surface area (Å²) in [6.45, 7) is 1.75. The van der Waals surface area contributed by atoms with Gasteiger partial charge in [0.2, 0.25) is 5.72 Å². The molecule has 8 nitrogen and oxygen atoms in total. The fourth-order valence-corrected chi connectivity index (χ4v) is 5.69. The number of carbonyl (C=O) groups is 1. The van der Waals surface area contributed by atoms with Crippen LogP contribution >= 0.6 is 11.3 Å². The van der Waals surface area contributed by atoms with E-state index in [0.717, 1.165) is 16.6 Å². The molecule has 3 unspecified atom stereocenters. The minimum atomic E-state index is -1.19. The van der Waals surface area contributed by atoms with E-state index in [4.69, 9.17) is 14.5 Å². The summed E-state index contributed by atoms with van der Waals surface area (Å²) in [6, 6.07) is 14.4. The van der Waals surface area contributed by atoms with Crippen molar-refractivity contribution in [2.24, 2.45) is 10.9 Å². The lowest BCUT2D eigenvalue weighted by atomic mass is 9.81. The van der Waals surface area contributed by atoms with E-state index in [9.17, 15) is 9.59 Å². The van der Waals surface area contributed by atoms with Crippen molar-refractivity contribution in [1.29, 1.82) is 0 Å². The topological polar surface area (TPSA) is 95.7 Å². The Labute approximate surface area is 191 Å². The number of ether oxygens (including phenoxy) is 2. The average Bonchev–Trinajstić information content (AvgIpc) is 3.11. The molecule has 2 aliphatic heterocycles. The summed E-state index contributed by atoms with van der Waals surface area (Å²) < 4.78 is 13.3. The van der Waals surface area contributed by atoms with Crippen LogP contribution in [0.1, 0.15) is 24.2 Å². The van der Waals surface area contributed by atoms with Crippen molar-refractivity contribution in [1.82, 2.24) is 14.5 Å². The lowest BCUT2D eigenvalue weighted by molar-refractivity contribution is -0.158. The molecule has 2 aromatic carbocycles.